The van der Waals surface area contributed by atoms with Gasteiger partial charge in [0.1, 0.15) is 5.00 Å². The van der Waals surface area contributed by atoms with Gasteiger partial charge in [-0.1, -0.05) is 23.7 Å². The second-order valence-electron chi connectivity index (χ2n) is 8.37. The fourth-order valence-corrected chi connectivity index (χ4v) is 5.95. The highest BCUT2D eigenvalue weighted by Gasteiger charge is 2.28. The van der Waals surface area contributed by atoms with E-state index in [9.17, 15) is 9.59 Å². The second-order valence-corrected chi connectivity index (χ2v) is 9.91. The van der Waals surface area contributed by atoms with Crippen LogP contribution in [0.2, 0.25) is 5.02 Å². The van der Waals surface area contributed by atoms with Crippen molar-refractivity contribution >= 4 is 39.8 Å². The van der Waals surface area contributed by atoms with Crippen LogP contribution < -0.4 is 5.32 Å². The number of esters is 1. The first-order chi connectivity index (χ1) is 15.5. The molecule has 0 radical (unpaired) electrons. The first kappa shape index (κ1) is 23.2. The Balaban J connectivity index is 1.32. The van der Waals surface area contributed by atoms with E-state index in [-0.39, 0.29) is 11.9 Å². The molecule has 0 spiro atoms. The van der Waals surface area contributed by atoms with Crippen molar-refractivity contribution < 1.29 is 14.3 Å². The van der Waals surface area contributed by atoms with Crippen LogP contribution in [0.1, 0.15) is 46.1 Å². The number of thiophene rings is 1. The van der Waals surface area contributed by atoms with Crippen molar-refractivity contribution in [2.45, 2.75) is 39.2 Å². The molecule has 32 heavy (non-hydrogen) atoms. The van der Waals surface area contributed by atoms with Gasteiger partial charge in [-0.2, -0.15) is 0 Å². The number of piperazine rings is 1. The lowest BCUT2D eigenvalue weighted by Crippen LogP contribution is -2.48. The van der Waals surface area contributed by atoms with E-state index in [1.165, 1.54) is 21.8 Å². The summed E-state index contributed by atoms with van der Waals surface area (Å²) in [6, 6.07) is 7.96. The Morgan fingerprint density at radius 1 is 1.12 bits per heavy atom. The zero-order valence-electron chi connectivity index (χ0n) is 18.5. The van der Waals surface area contributed by atoms with Gasteiger partial charge >= 0.3 is 5.97 Å². The normalized spacial score (nSPS) is 17.1. The molecule has 6 nitrogen and oxygen atoms in total. The highest BCUT2D eigenvalue weighted by Crippen LogP contribution is 2.38. The van der Waals surface area contributed by atoms with E-state index in [2.05, 4.69) is 21.2 Å². The maximum absolute atomic E-state index is 12.8. The average molecular weight is 476 g/mol. The lowest BCUT2D eigenvalue weighted by molar-refractivity contribution is -0.117. The number of aryl methyl sites for hydroxylation is 1. The number of ether oxygens (including phenoxy) is 1. The van der Waals surface area contributed by atoms with Gasteiger partial charge in [-0.3, -0.25) is 14.6 Å². The van der Waals surface area contributed by atoms with Crippen LogP contribution >= 0.6 is 22.9 Å². The smallest absolute Gasteiger partial charge is 0.341 e. The molecular weight excluding hydrogens is 446 g/mol. The van der Waals surface area contributed by atoms with Crippen LogP contribution in [0.4, 0.5) is 5.00 Å². The first-order valence-corrected chi connectivity index (χ1v) is 12.5. The Morgan fingerprint density at radius 3 is 2.62 bits per heavy atom. The number of nitrogens with one attached hydrogen (secondary N) is 1. The van der Waals surface area contributed by atoms with Crippen molar-refractivity contribution in [3.63, 3.8) is 0 Å². The van der Waals surface area contributed by atoms with E-state index in [1.54, 1.807) is 6.92 Å². The highest BCUT2D eigenvalue weighted by molar-refractivity contribution is 7.17. The monoisotopic (exact) mass is 475 g/mol. The largest absolute Gasteiger partial charge is 0.462 e. The van der Waals surface area contributed by atoms with Crippen molar-refractivity contribution in [2.75, 3.05) is 44.6 Å². The third-order valence-corrected chi connectivity index (χ3v) is 7.47. The van der Waals surface area contributed by atoms with Gasteiger partial charge in [0.15, 0.2) is 0 Å². The molecule has 2 aliphatic rings. The molecule has 0 saturated carbocycles. The summed E-state index contributed by atoms with van der Waals surface area (Å²) in [7, 11) is 0. The maximum atomic E-state index is 12.8. The van der Waals surface area contributed by atoms with E-state index in [0.29, 0.717) is 23.7 Å². The van der Waals surface area contributed by atoms with Gasteiger partial charge in [0.05, 0.1) is 18.7 Å². The molecule has 1 aromatic carbocycles. The molecule has 0 unspecified atom stereocenters. The number of hydrogen-bond donors (Lipinski definition) is 1. The molecule has 1 aliphatic carbocycles. The predicted molar refractivity (Wildman–Crippen MR) is 129 cm³/mol. The summed E-state index contributed by atoms with van der Waals surface area (Å²) in [5, 5.41) is 4.43. The third kappa shape index (κ3) is 5.70. The molecule has 1 saturated heterocycles. The Labute approximate surface area is 198 Å². The quantitative estimate of drug-likeness (QED) is 0.608. The van der Waals surface area contributed by atoms with Crippen molar-refractivity contribution in [3.05, 3.63) is 50.9 Å². The standard InChI is InChI=1S/C24H30ClN3O3S/c1-2-31-24(30)22-19-8-3-4-9-20(19)32-23(22)26-21(29)16-28-12-10-27(11-13-28)15-17-6-5-7-18(25)14-17/h5-7,14H,2-4,8-13,15-16H2,1H3,(H,26,29). The summed E-state index contributed by atoms with van der Waals surface area (Å²) in [6.45, 7) is 6.80. The number of halogens is 1. The summed E-state index contributed by atoms with van der Waals surface area (Å²) >= 11 is 7.63. The van der Waals surface area contributed by atoms with Gasteiger partial charge < -0.3 is 10.1 Å². The van der Waals surface area contributed by atoms with E-state index in [4.69, 9.17) is 16.3 Å². The van der Waals surface area contributed by atoms with Crippen molar-refractivity contribution in [3.8, 4) is 0 Å². The van der Waals surface area contributed by atoms with Crippen LogP contribution in [0, 0.1) is 0 Å². The number of benzene rings is 1. The van der Waals surface area contributed by atoms with Crippen LogP contribution in [0.25, 0.3) is 0 Å². The third-order valence-electron chi connectivity index (χ3n) is 6.03. The summed E-state index contributed by atoms with van der Waals surface area (Å²) in [4.78, 5) is 31.2. The number of rotatable bonds is 7. The Morgan fingerprint density at radius 2 is 1.88 bits per heavy atom. The number of hydrogen-bond acceptors (Lipinski definition) is 6. The molecule has 1 N–H and O–H groups in total. The minimum atomic E-state index is -0.322. The zero-order chi connectivity index (χ0) is 22.5. The fraction of sp³-hybridized carbons (Fsp3) is 0.500. The molecule has 172 valence electrons. The summed E-state index contributed by atoms with van der Waals surface area (Å²) < 4.78 is 5.28. The summed E-state index contributed by atoms with van der Waals surface area (Å²) in [5.74, 6) is -0.394. The lowest BCUT2D eigenvalue weighted by atomic mass is 9.95. The molecule has 1 amide bonds. The lowest BCUT2D eigenvalue weighted by Gasteiger charge is -2.34. The SMILES string of the molecule is CCOC(=O)c1c(NC(=O)CN2CCN(Cc3cccc(Cl)c3)CC2)sc2c1CCCC2. The number of fused-ring (bicyclic) bond motifs is 1. The van der Waals surface area contributed by atoms with Gasteiger partial charge in [0.25, 0.3) is 0 Å². The van der Waals surface area contributed by atoms with Crippen molar-refractivity contribution in [1.29, 1.82) is 0 Å². The highest BCUT2D eigenvalue weighted by atomic mass is 35.5. The predicted octanol–water partition coefficient (Wildman–Crippen LogP) is 4.21. The van der Waals surface area contributed by atoms with Gasteiger partial charge in [0, 0.05) is 42.6 Å². The van der Waals surface area contributed by atoms with E-state index < -0.39 is 0 Å². The molecule has 1 fully saturated rings. The minimum Gasteiger partial charge on any atom is -0.462 e. The van der Waals surface area contributed by atoms with Crippen LogP contribution in [0.15, 0.2) is 24.3 Å². The molecule has 8 heteroatoms. The van der Waals surface area contributed by atoms with E-state index in [1.807, 2.05) is 18.2 Å². The number of anilines is 1. The number of amides is 1. The van der Waals surface area contributed by atoms with E-state index in [0.717, 1.165) is 69.0 Å². The molecule has 1 aromatic heterocycles. The molecule has 0 atom stereocenters. The van der Waals surface area contributed by atoms with Crippen LogP contribution in [-0.2, 0) is 28.9 Å². The van der Waals surface area contributed by atoms with Crippen LogP contribution in [-0.4, -0.2) is 61.0 Å². The molecule has 2 aromatic rings. The maximum Gasteiger partial charge on any atom is 0.341 e. The van der Waals surface area contributed by atoms with Crippen molar-refractivity contribution in [1.82, 2.24) is 9.80 Å². The first-order valence-electron chi connectivity index (χ1n) is 11.3. The zero-order valence-corrected chi connectivity index (χ0v) is 20.1. The minimum absolute atomic E-state index is 0.0718. The van der Waals surface area contributed by atoms with Gasteiger partial charge in [-0.25, -0.2) is 4.79 Å². The van der Waals surface area contributed by atoms with Crippen LogP contribution in [0.3, 0.4) is 0 Å². The Bertz CT molecular complexity index is 969. The van der Waals surface area contributed by atoms with E-state index >= 15 is 0 Å². The van der Waals surface area contributed by atoms with Crippen LogP contribution in [0.5, 0.6) is 0 Å². The molecular formula is C24H30ClN3O3S. The molecule has 2 heterocycles. The fourth-order valence-electron chi connectivity index (χ4n) is 4.44. The number of carbonyl (C=O) groups excluding carboxylic acids is 2. The second kappa shape index (κ2) is 10.8. The van der Waals surface area contributed by atoms with Gasteiger partial charge in [-0.05, 0) is 55.9 Å². The van der Waals surface area contributed by atoms with Gasteiger partial charge in [-0.15, -0.1) is 11.3 Å². The average Bonchev–Trinajstić information content (AvgIpc) is 3.13. The summed E-state index contributed by atoms with van der Waals surface area (Å²) in [5.41, 5.74) is 2.85. The summed E-state index contributed by atoms with van der Waals surface area (Å²) in [6.07, 6.45) is 4.05. The molecule has 0 bridgehead atoms. The van der Waals surface area contributed by atoms with Crippen molar-refractivity contribution in [2.24, 2.45) is 0 Å². The Kier molecular flexibility index (Phi) is 7.84. The van der Waals surface area contributed by atoms with Gasteiger partial charge in [0.2, 0.25) is 5.91 Å². The molecule has 4 rings (SSSR count). The molecule has 1 aliphatic heterocycles. The number of nitrogens with zero attached hydrogens (tertiary/aromatic N) is 2. The number of carbonyl (C=O) groups is 2. The Hall–Kier alpha value is -1.93. The topological polar surface area (TPSA) is 61.9 Å².